The van der Waals surface area contributed by atoms with Crippen molar-refractivity contribution in [1.82, 2.24) is 0 Å². The minimum absolute atomic E-state index is 0.111. The van der Waals surface area contributed by atoms with Crippen molar-refractivity contribution < 1.29 is 22.3 Å². The second-order valence-electron chi connectivity index (χ2n) is 3.83. The summed E-state index contributed by atoms with van der Waals surface area (Å²) in [4.78, 5) is 0. The molecule has 5 heteroatoms. The van der Waals surface area contributed by atoms with Crippen LogP contribution >= 0.6 is 0 Å². The fourth-order valence-electron chi connectivity index (χ4n) is 1.62. The Morgan fingerprint density at radius 3 is 2.26 bits per heavy atom. The molecule has 0 saturated heterocycles. The van der Waals surface area contributed by atoms with Crippen molar-refractivity contribution in [2.45, 2.75) is 6.43 Å². The molecule has 100 valence electrons. The second-order valence-corrected chi connectivity index (χ2v) is 3.83. The van der Waals surface area contributed by atoms with Gasteiger partial charge in [0.1, 0.15) is 12.4 Å². The minimum atomic E-state index is -2.56. The van der Waals surface area contributed by atoms with Gasteiger partial charge >= 0.3 is 0 Å². The van der Waals surface area contributed by atoms with E-state index >= 15 is 0 Å². The first-order valence-electron chi connectivity index (χ1n) is 5.53. The molecule has 0 unspecified atom stereocenters. The standard InChI is InChI=1S/C14H10F4O/c15-12-3-1-2-11(14(12)18)9-4-6-10(7-5-9)19-8-13(16)17/h1-7,13H,8H2. The molecule has 0 radical (unpaired) electrons. The van der Waals surface area contributed by atoms with Crippen LogP contribution in [0.15, 0.2) is 42.5 Å². The third-order valence-corrected chi connectivity index (χ3v) is 2.49. The van der Waals surface area contributed by atoms with Crippen LogP contribution in [0.4, 0.5) is 17.6 Å². The van der Waals surface area contributed by atoms with Crippen LogP contribution in [0.25, 0.3) is 11.1 Å². The fraction of sp³-hybridized carbons (Fsp3) is 0.143. The lowest BCUT2D eigenvalue weighted by atomic mass is 10.0. The molecule has 0 bridgehead atoms. The first-order valence-corrected chi connectivity index (χ1v) is 5.53. The number of benzene rings is 2. The molecule has 0 fully saturated rings. The van der Waals surface area contributed by atoms with E-state index in [9.17, 15) is 17.6 Å². The molecule has 0 aliphatic carbocycles. The van der Waals surface area contributed by atoms with Crippen LogP contribution in [0, 0.1) is 11.6 Å². The molecule has 2 rings (SSSR count). The van der Waals surface area contributed by atoms with Crippen LogP contribution in [0.1, 0.15) is 0 Å². The summed E-state index contributed by atoms with van der Waals surface area (Å²) in [6.45, 7) is -0.701. The normalized spacial score (nSPS) is 10.8. The Bertz CT molecular complexity index is 552. The van der Waals surface area contributed by atoms with Crippen LogP contribution in [-0.2, 0) is 0 Å². The van der Waals surface area contributed by atoms with Gasteiger partial charge in [-0.1, -0.05) is 24.3 Å². The molecule has 0 aromatic heterocycles. The first-order chi connectivity index (χ1) is 9.08. The van der Waals surface area contributed by atoms with Crippen molar-refractivity contribution in [2.24, 2.45) is 0 Å². The molecule has 19 heavy (non-hydrogen) atoms. The molecule has 0 saturated carbocycles. The molecule has 0 heterocycles. The summed E-state index contributed by atoms with van der Waals surface area (Å²) in [6.07, 6.45) is -2.56. The molecule has 2 aromatic rings. The number of alkyl halides is 2. The van der Waals surface area contributed by atoms with E-state index in [1.54, 1.807) is 0 Å². The first kappa shape index (κ1) is 13.4. The van der Waals surface area contributed by atoms with Gasteiger partial charge in [0.15, 0.2) is 11.6 Å². The van der Waals surface area contributed by atoms with Gasteiger partial charge in [-0.2, -0.15) is 0 Å². The Morgan fingerprint density at radius 1 is 0.947 bits per heavy atom. The monoisotopic (exact) mass is 270 g/mol. The van der Waals surface area contributed by atoms with E-state index in [1.807, 2.05) is 0 Å². The Labute approximate surface area is 107 Å². The highest BCUT2D eigenvalue weighted by Crippen LogP contribution is 2.26. The third kappa shape index (κ3) is 3.24. The maximum atomic E-state index is 13.5. The molecular formula is C14H10F4O. The van der Waals surface area contributed by atoms with Gasteiger partial charge in [-0.05, 0) is 23.8 Å². The van der Waals surface area contributed by atoms with Crippen LogP contribution in [0.5, 0.6) is 5.75 Å². The van der Waals surface area contributed by atoms with Crippen LogP contribution in [0.3, 0.4) is 0 Å². The van der Waals surface area contributed by atoms with Gasteiger partial charge < -0.3 is 4.74 Å². The molecule has 0 atom stereocenters. The van der Waals surface area contributed by atoms with Crippen LogP contribution in [0.2, 0.25) is 0 Å². The van der Waals surface area contributed by atoms with Crippen molar-refractivity contribution in [2.75, 3.05) is 6.61 Å². The lowest BCUT2D eigenvalue weighted by molar-refractivity contribution is 0.0819. The summed E-state index contributed by atoms with van der Waals surface area (Å²) in [5, 5.41) is 0. The van der Waals surface area contributed by atoms with Crippen molar-refractivity contribution >= 4 is 0 Å². The fourth-order valence-corrected chi connectivity index (χ4v) is 1.62. The van der Waals surface area contributed by atoms with E-state index < -0.39 is 24.7 Å². The zero-order valence-corrected chi connectivity index (χ0v) is 9.75. The molecule has 0 aliphatic heterocycles. The summed E-state index contributed by atoms with van der Waals surface area (Å²) in [7, 11) is 0. The van der Waals surface area contributed by atoms with Crippen molar-refractivity contribution in [1.29, 1.82) is 0 Å². The highest BCUT2D eigenvalue weighted by Gasteiger charge is 2.10. The van der Waals surface area contributed by atoms with Gasteiger partial charge in [0.25, 0.3) is 6.43 Å². The maximum absolute atomic E-state index is 13.5. The number of hydrogen-bond donors (Lipinski definition) is 0. The average Bonchev–Trinajstić information content (AvgIpc) is 2.40. The molecular weight excluding hydrogens is 260 g/mol. The summed E-state index contributed by atoms with van der Waals surface area (Å²) in [5.74, 6) is -1.62. The molecule has 0 amide bonds. The van der Waals surface area contributed by atoms with Gasteiger partial charge in [0.05, 0.1) is 0 Å². The third-order valence-electron chi connectivity index (χ3n) is 2.49. The van der Waals surface area contributed by atoms with Crippen molar-refractivity contribution in [3.8, 4) is 16.9 Å². The quantitative estimate of drug-likeness (QED) is 0.754. The van der Waals surface area contributed by atoms with E-state index in [-0.39, 0.29) is 11.3 Å². The van der Waals surface area contributed by atoms with E-state index in [0.29, 0.717) is 5.56 Å². The smallest absolute Gasteiger partial charge is 0.272 e. The summed E-state index contributed by atoms with van der Waals surface area (Å²) in [5.41, 5.74) is 0.557. The van der Waals surface area contributed by atoms with E-state index in [4.69, 9.17) is 4.74 Å². The lowest BCUT2D eigenvalue weighted by Crippen LogP contribution is -2.06. The van der Waals surface area contributed by atoms with Crippen molar-refractivity contribution in [3.05, 3.63) is 54.1 Å². The summed E-state index contributed by atoms with van der Waals surface area (Å²) < 4.78 is 55.3. The van der Waals surface area contributed by atoms with Crippen LogP contribution in [-0.4, -0.2) is 13.0 Å². The number of rotatable bonds is 4. The van der Waals surface area contributed by atoms with Gasteiger partial charge in [-0.3, -0.25) is 0 Å². The van der Waals surface area contributed by atoms with E-state index in [1.165, 1.54) is 36.4 Å². The Morgan fingerprint density at radius 2 is 1.63 bits per heavy atom. The second kappa shape index (κ2) is 5.73. The Balaban J connectivity index is 2.20. The highest BCUT2D eigenvalue weighted by atomic mass is 19.3. The summed E-state index contributed by atoms with van der Waals surface area (Å²) in [6, 6.07) is 9.70. The minimum Gasteiger partial charge on any atom is -0.488 e. The zero-order valence-electron chi connectivity index (χ0n) is 9.75. The van der Waals surface area contributed by atoms with Crippen LogP contribution < -0.4 is 4.74 Å². The van der Waals surface area contributed by atoms with Gasteiger partial charge in [-0.15, -0.1) is 0 Å². The predicted molar refractivity (Wildman–Crippen MR) is 63.3 cm³/mol. The number of ether oxygens (including phenoxy) is 1. The molecule has 0 aliphatic rings. The lowest BCUT2D eigenvalue weighted by Gasteiger charge is -2.07. The molecule has 0 N–H and O–H groups in total. The van der Waals surface area contributed by atoms with E-state index in [0.717, 1.165) is 6.07 Å². The number of halogens is 4. The topological polar surface area (TPSA) is 9.23 Å². The van der Waals surface area contributed by atoms with Gasteiger partial charge in [0.2, 0.25) is 0 Å². The number of hydrogen-bond acceptors (Lipinski definition) is 1. The SMILES string of the molecule is Fc1cccc(-c2ccc(OCC(F)F)cc2)c1F. The van der Waals surface area contributed by atoms with E-state index in [2.05, 4.69) is 0 Å². The molecule has 0 spiro atoms. The highest BCUT2D eigenvalue weighted by molar-refractivity contribution is 5.64. The van der Waals surface area contributed by atoms with Gasteiger partial charge in [0, 0.05) is 5.56 Å². The predicted octanol–water partition coefficient (Wildman–Crippen LogP) is 4.28. The largest absolute Gasteiger partial charge is 0.488 e. The average molecular weight is 270 g/mol. The van der Waals surface area contributed by atoms with Gasteiger partial charge in [-0.25, -0.2) is 17.6 Å². The summed E-state index contributed by atoms with van der Waals surface area (Å²) >= 11 is 0. The Hall–Kier alpha value is -2.04. The van der Waals surface area contributed by atoms with Crippen molar-refractivity contribution in [3.63, 3.8) is 0 Å². The maximum Gasteiger partial charge on any atom is 0.272 e. The zero-order chi connectivity index (χ0) is 13.8. The molecule has 2 aromatic carbocycles. The molecule has 1 nitrogen and oxygen atoms in total. The Kier molecular flexibility index (Phi) is 4.04.